The molecule has 0 radical (unpaired) electrons. The van der Waals surface area contributed by atoms with E-state index in [9.17, 15) is 19.8 Å². The predicted molar refractivity (Wildman–Crippen MR) is 89.5 cm³/mol. The maximum Gasteiger partial charge on any atom is 0.351 e. The topological polar surface area (TPSA) is 180 Å². The average molecular weight is 372 g/mol. The van der Waals surface area contributed by atoms with Gasteiger partial charge in [-0.1, -0.05) is 0 Å². The minimum atomic E-state index is -1.36. The number of ether oxygens (including phenoxy) is 1. The summed E-state index contributed by atoms with van der Waals surface area (Å²) in [5.74, 6) is -0.714. The Balaban J connectivity index is 1.88. The Morgan fingerprint density at radius 2 is 2.12 bits per heavy atom. The number of carboxylic acids is 1. The van der Waals surface area contributed by atoms with Gasteiger partial charge in [0, 0.05) is 12.7 Å². The third kappa shape index (κ3) is 4.77. The summed E-state index contributed by atoms with van der Waals surface area (Å²) in [5, 5.41) is 40.4. The van der Waals surface area contributed by atoms with Gasteiger partial charge in [0.1, 0.15) is 30.2 Å². The van der Waals surface area contributed by atoms with Crippen LogP contribution in [0.3, 0.4) is 0 Å². The fourth-order valence-electron chi connectivity index (χ4n) is 2.64. The van der Waals surface area contributed by atoms with Gasteiger partial charge in [0.05, 0.1) is 6.61 Å². The van der Waals surface area contributed by atoms with Crippen molar-refractivity contribution in [1.29, 1.82) is 0 Å². The molecule has 2 heterocycles. The zero-order chi connectivity index (χ0) is 19.3. The Hall–Kier alpha value is -2.05. The quantitative estimate of drug-likeness (QED) is 0.262. The number of nitrogens with one attached hydrogen (secondary N) is 1. The highest BCUT2D eigenvalue weighted by atomic mass is 16.6. The fourth-order valence-corrected chi connectivity index (χ4v) is 2.64. The van der Waals surface area contributed by atoms with Crippen LogP contribution in [0.25, 0.3) is 0 Å². The fraction of sp³-hybridized carbons (Fsp3) is 0.667. The largest absolute Gasteiger partial charge is 0.480 e. The summed E-state index contributed by atoms with van der Waals surface area (Å²) in [6.45, 7) is -0.00126. The van der Waals surface area contributed by atoms with Crippen molar-refractivity contribution in [2.75, 3.05) is 18.5 Å². The van der Waals surface area contributed by atoms with Gasteiger partial charge in [0.25, 0.3) is 0 Å². The highest BCUT2D eigenvalue weighted by Crippen LogP contribution is 2.28. The van der Waals surface area contributed by atoms with Crippen LogP contribution in [0, 0.1) is 0 Å². The molecule has 5 atom stereocenters. The molecule has 146 valence electrons. The van der Waals surface area contributed by atoms with Crippen LogP contribution in [0.5, 0.6) is 0 Å². The van der Waals surface area contributed by atoms with Crippen LogP contribution < -0.4 is 16.7 Å². The van der Waals surface area contributed by atoms with E-state index in [2.05, 4.69) is 10.3 Å². The number of nitrogens with zero attached hydrogens (tertiary/aromatic N) is 2. The van der Waals surface area contributed by atoms with Gasteiger partial charge in [-0.3, -0.25) is 9.36 Å². The number of aliphatic hydroxyl groups is 3. The lowest BCUT2D eigenvalue weighted by atomic mass is 10.1. The van der Waals surface area contributed by atoms with Crippen LogP contribution in [0.4, 0.5) is 5.82 Å². The molecule has 1 fully saturated rings. The van der Waals surface area contributed by atoms with Crippen LogP contribution in [-0.2, 0) is 9.53 Å². The van der Waals surface area contributed by atoms with E-state index in [1.165, 1.54) is 12.3 Å². The summed E-state index contributed by atoms with van der Waals surface area (Å²) in [4.78, 5) is 26.6. The van der Waals surface area contributed by atoms with E-state index in [0.29, 0.717) is 31.6 Å². The molecule has 0 amide bonds. The summed E-state index contributed by atoms with van der Waals surface area (Å²) >= 11 is 0. The number of aromatic nitrogens is 2. The summed E-state index contributed by atoms with van der Waals surface area (Å²) in [5.41, 5.74) is 4.72. The van der Waals surface area contributed by atoms with Crippen molar-refractivity contribution in [3.8, 4) is 0 Å². The minimum Gasteiger partial charge on any atom is -0.480 e. The van der Waals surface area contributed by atoms with E-state index < -0.39 is 48.8 Å². The van der Waals surface area contributed by atoms with E-state index in [-0.39, 0.29) is 0 Å². The molecule has 5 unspecified atom stereocenters. The lowest BCUT2D eigenvalue weighted by Gasteiger charge is -2.17. The number of aliphatic hydroxyl groups excluding tert-OH is 3. The summed E-state index contributed by atoms with van der Waals surface area (Å²) in [6, 6.07) is 0.632. The van der Waals surface area contributed by atoms with Crippen molar-refractivity contribution in [2.45, 2.75) is 49.8 Å². The van der Waals surface area contributed by atoms with Gasteiger partial charge in [-0.2, -0.15) is 4.98 Å². The first-order valence-corrected chi connectivity index (χ1v) is 8.29. The highest BCUT2D eigenvalue weighted by molar-refractivity contribution is 5.72. The van der Waals surface area contributed by atoms with Gasteiger partial charge in [-0.15, -0.1) is 0 Å². The van der Waals surface area contributed by atoms with E-state index >= 15 is 0 Å². The Kier molecular flexibility index (Phi) is 7.06. The molecule has 1 saturated heterocycles. The molecule has 2 rings (SSSR count). The third-order valence-corrected chi connectivity index (χ3v) is 4.19. The number of carbonyl (C=O) groups is 1. The maximum atomic E-state index is 12.1. The zero-order valence-electron chi connectivity index (χ0n) is 14.1. The van der Waals surface area contributed by atoms with Crippen LogP contribution in [-0.4, -0.2) is 73.5 Å². The number of rotatable bonds is 9. The van der Waals surface area contributed by atoms with E-state index in [1.54, 1.807) is 0 Å². The molecule has 26 heavy (non-hydrogen) atoms. The lowest BCUT2D eigenvalue weighted by molar-refractivity contribution is -0.138. The van der Waals surface area contributed by atoms with Crippen LogP contribution in [0.15, 0.2) is 17.1 Å². The number of anilines is 1. The third-order valence-electron chi connectivity index (χ3n) is 4.19. The molecule has 1 aliphatic rings. The van der Waals surface area contributed by atoms with Crippen molar-refractivity contribution in [1.82, 2.24) is 9.55 Å². The smallest absolute Gasteiger partial charge is 0.351 e. The normalized spacial score (nSPS) is 26.6. The first kappa shape index (κ1) is 20.3. The number of hydrogen-bond donors (Lipinski definition) is 6. The van der Waals surface area contributed by atoms with Crippen LogP contribution >= 0.6 is 0 Å². The number of aliphatic carboxylic acids is 1. The Morgan fingerprint density at radius 1 is 1.38 bits per heavy atom. The SMILES string of the molecule is NC(CCCCNc1ccn(C2OC(CO)C(O)C2O)c(=O)n1)C(=O)O. The van der Waals surface area contributed by atoms with Crippen LogP contribution in [0.1, 0.15) is 25.5 Å². The standard InChI is InChI=1S/C15H24N4O7/c16-8(14(23)24)3-1-2-5-17-10-4-6-19(15(25)18-10)13-12(22)11(21)9(7-20)26-13/h4,6,8-9,11-13,20-22H,1-3,5,7,16H2,(H,23,24)(H,17,18,25). The molecule has 1 aromatic heterocycles. The number of carboxylic acid groups (broad SMARTS) is 1. The van der Waals surface area contributed by atoms with Crippen molar-refractivity contribution >= 4 is 11.8 Å². The minimum absolute atomic E-state index is 0.320. The number of nitrogens with two attached hydrogens (primary N) is 1. The summed E-state index contributed by atoms with van der Waals surface area (Å²) in [7, 11) is 0. The highest BCUT2D eigenvalue weighted by Gasteiger charge is 2.43. The summed E-state index contributed by atoms with van der Waals surface area (Å²) in [6.07, 6.45) is -1.77. The molecule has 11 nitrogen and oxygen atoms in total. The zero-order valence-corrected chi connectivity index (χ0v) is 14.1. The van der Waals surface area contributed by atoms with Gasteiger partial charge in [-0.25, -0.2) is 4.79 Å². The number of hydrogen-bond acceptors (Lipinski definition) is 9. The first-order chi connectivity index (χ1) is 12.3. The second kappa shape index (κ2) is 9.05. The Bertz CT molecular complexity index is 668. The van der Waals surface area contributed by atoms with Gasteiger partial charge in [0.15, 0.2) is 6.23 Å². The Labute approximate surface area is 149 Å². The van der Waals surface area contributed by atoms with Gasteiger partial charge in [-0.05, 0) is 25.3 Å². The molecule has 11 heteroatoms. The molecule has 1 aliphatic heterocycles. The van der Waals surface area contributed by atoms with Crippen molar-refractivity contribution < 1.29 is 30.0 Å². The lowest BCUT2D eigenvalue weighted by Crippen LogP contribution is -2.36. The monoisotopic (exact) mass is 372 g/mol. The van der Waals surface area contributed by atoms with Gasteiger partial charge < -0.3 is 36.2 Å². The number of unbranched alkanes of at least 4 members (excludes halogenated alkanes) is 1. The second-order valence-corrected chi connectivity index (χ2v) is 6.10. The van der Waals surface area contributed by atoms with Crippen molar-refractivity contribution in [2.24, 2.45) is 5.73 Å². The second-order valence-electron chi connectivity index (χ2n) is 6.10. The molecule has 0 aliphatic carbocycles. The maximum absolute atomic E-state index is 12.1. The van der Waals surface area contributed by atoms with E-state index in [4.69, 9.17) is 20.7 Å². The van der Waals surface area contributed by atoms with E-state index in [1.807, 2.05) is 0 Å². The van der Waals surface area contributed by atoms with E-state index in [0.717, 1.165) is 4.57 Å². The summed E-state index contributed by atoms with van der Waals surface area (Å²) < 4.78 is 6.33. The van der Waals surface area contributed by atoms with Gasteiger partial charge >= 0.3 is 11.7 Å². The first-order valence-electron chi connectivity index (χ1n) is 8.29. The molecule has 0 spiro atoms. The molecular formula is C15H24N4O7. The molecule has 0 bridgehead atoms. The van der Waals surface area contributed by atoms with Crippen LogP contribution in [0.2, 0.25) is 0 Å². The average Bonchev–Trinajstić information content (AvgIpc) is 2.89. The molecule has 1 aromatic rings. The van der Waals surface area contributed by atoms with Gasteiger partial charge in [0.2, 0.25) is 0 Å². The molecule has 0 saturated carbocycles. The van der Waals surface area contributed by atoms with Crippen molar-refractivity contribution in [3.05, 3.63) is 22.7 Å². The van der Waals surface area contributed by atoms with Crippen molar-refractivity contribution in [3.63, 3.8) is 0 Å². The Morgan fingerprint density at radius 3 is 2.69 bits per heavy atom. The molecule has 0 aromatic carbocycles. The predicted octanol–water partition coefficient (Wildman–Crippen LogP) is -2.15. The molecular weight excluding hydrogens is 348 g/mol. The molecule has 7 N–H and O–H groups in total.